The Balaban J connectivity index is 2.40. The van der Waals surface area contributed by atoms with E-state index in [1.165, 1.54) is 11.1 Å². The summed E-state index contributed by atoms with van der Waals surface area (Å²) in [5, 5.41) is 0. The van der Waals surface area contributed by atoms with Crippen molar-refractivity contribution in [1.29, 1.82) is 0 Å². The van der Waals surface area contributed by atoms with Gasteiger partial charge in [0.1, 0.15) is 9.84 Å². The Morgan fingerprint density at radius 1 is 1.47 bits per heavy atom. The Bertz CT molecular complexity index is 414. The van der Waals surface area contributed by atoms with E-state index in [-0.39, 0.29) is 5.75 Å². The van der Waals surface area contributed by atoms with Crippen LogP contribution in [0.5, 0.6) is 0 Å². The Kier molecular flexibility index (Phi) is 4.76. The topological polar surface area (TPSA) is 37.4 Å². The van der Waals surface area contributed by atoms with E-state index in [9.17, 15) is 8.42 Å². The molecular weight excluding hydrogens is 298 g/mol. The number of thiophene rings is 1. The average molecular weight is 312 g/mol. The first-order chi connectivity index (χ1) is 6.87. The summed E-state index contributed by atoms with van der Waals surface area (Å²) < 4.78 is 23.0. The van der Waals surface area contributed by atoms with E-state index in [1.54, 1.807) is 11.3 Å². The van der Waals surface area contributed by atoms with Crippen LogP contribution in [0, 0.1) is 0 Å². The number of sulfone groups is 1. The van der Waals surface area contributed by atoms with Crippen LogP contribution in [0.15, 0.2) is 15.9 Å². The third-order valence-electron chi connectivity index (χ3n) is 1.90. The monoisotopic (exact) mass is 311 g/mol. The maximum Gasteiger partial charge on any atom is 0.148 e. The SMILES string of the molecule is CN(CCS(C)(=O)=O)Cc1ccc(Br)s1. The molecule has 1 aromatic heterocycles. The first-order valence-corrected chi connectivity index (χ1v) is 8.14. The van der Waals surface area contributed by atoms with E-state index >= 15 is 0 Å². The molecule has 86 valence electrons. The van der Waals surface area contributed by atoms with Gasteiger partial charge in [0.15, 0.2) is 0 Å². The summed E-state index contributed by atoms with van der Waals surface area (Å²) >= 11 is 5.07. The average Bonchev–Trinajstić information content (AvgIpc) is 2.47. The molecule has 0 aliphatic rings. The molecule has 0 unspecified atom stereocenters. The van der Waals surface area contributed by atoms with Gasteiger partial charge in [-0.25, -0.2) is 8.42 Å². The molecule has 0 aliphatic heterocycles. The van der Waals surface area contributed by atoms with Crippen molar-refractivity contribution in [3.05, 3.63) is 20.8 Å². The minimum Gasteiger partial charge on any atom is -0.300 e. The molecule has 0 bridgehead atoms. The van der Waals surface area contributed by atoms with E-state index in [4.69, 9.17) is 0 Å². The van der Waals surface area contributed by atoms with Crippen molar-refractivity contribution in [2.24, 2.45) is 0 Å². The van der Waals surface area contributed by atoms with Crippen LogP contribution in [-0.4, -0.2) is 38.9 Å². The van der Waals surface area contributed by atoms with Crippen LogP contribution in [0.1, 0.15) is 4.88 Å². The zero-order valence-corrected chi connectivity index (χ0v) is 12.0. The summed E-state index contributed by atoms with van der Waals surface area (Å²) in [4.78, 5) is 3.25. The number of hydrogen-bond donors (Lipinski definition) is 0. The first kappa shape index (κ1) is 13.2. The minimum atomic E-state index is -2.85. The van der Waals surface area contributed by atoms with Gasteiger partial charge in [-0.15, -0.1) is 11.3 Å². The maximum atomic E-state index is 11.0. The van der Waals surface area contributed by atoms with E-state index in [0.717, 1.165) is 10.3 Å². The zero-order chi connectivity index (χ0) is 11.5. The third-order valence-corrected chi connectivity index (χ3v) is 4.43. The van der Waals surface area contributed by atoms with Crippen LogP contribution in [0.3, 0.4) is 0 Å². The third kappa shape index (κ3) is 5.65. The van der Waals surface area contributed by atoms with Crippen molar-refractivity contribution in [2.45, 2.75) is 6.54 Å². The smallest absolute Gasteiger partial charge is 0.148 e. The molecule has 0 aromatic carbocycles. The number of hydrogen-bond acceptors (Lipinski definition) is 4. The Morgan fingerprint density at radius 3 is 2.60 bits per heavy atom. The second kappa shape index (κ2) is 5.43. The van der Waals surface area contributed by atoms with E-state index in [0.29, 0.717) is 6.54 Å². The summed E-state index contributed by atoms with van der Waals surface area (Å²) in [6.45, 7) is 1.38. The quantitative estimate of drug-likeness (QED) is 0.834. The highest BCUT2D eigenvalue weighted by atomic mass is 79.9. The largest absolute Gasteiger partial charge is 0.300 e. The molecular formula is C9H14BrNO2S2. The van der Waals surface area contributed by atoms with Crippen LogP contribution >= 0.6 is 27.3 Å². The second-order valence-corrected chi connectivity index (χ2v) is 8.38. The summed E-state index contributed by atoms with van der Waals surface area (Å²) in [6, 6.07) is 4.05. The van der Waals surface area contributed by atoms with Gasteiger partial charge in [-0.2, -0.15) is 0 Å². The van der Waals surface area contributed by atoms with E-state index in [2.05, 4.69) is 15.9 Å². The van der Waals surface area contributed by atoms with Crippen molar-refractivity contribution in [1.82, 2.24) is 4.90 Å². The fraction of sp³-hybridized carbons (Fsp3) is 0.556. The fourth-order valence-electron chi connectivity index (χ4n) is 1.10. The molecule has 1 rings (SSSR count). The van der Waals surface area contributed by atoms with E-state index in [1.807, 2.05) is 24.1 Å². The van der Waals surface area contributed by atoms with Crippen LogP contribution in [0.4, 0.5) is 0 Å². The van der Waals surface area contributed by atoms with Crippen LogP contribution in [0.2, 0.25) is 0 Å². The van der Waals surface area contributed by atoms with Gasteiger partial charge in [-0.05, 0) is 35.1 Å². The highest BCUT2D eigenvalue weighted by Gasteiger charge is 2.07. The lowest BCUT2D eigenvalue weighted by Gasteiger charge is -2.14. The van der Waals surface area contributed by atoms with Crippen molar-refractivity contribution < 1.29 is 8.42 Å². The second-order valence-electron chi connectivity index (χ2n) is 3.57. The molecule has 0 atom stereocenters. The molecule has 0 N–H and O–H groups in total. The van der Waals surface area contributed by atoms with Gasteiger partial charge in [0.2, 0.25) is 0 Å². The summed E-state index contributed by atoms with van der Waals surface area (Å²) in [5.41, 5.74) is 0. The van der Waals surface area contributed by atoms with Gasteiger partial charge in [-0.3, -0.25) is 0 Å². The standard InChI is InChI=1S/C9H14BrNO2S2/c1-11(5-6-15(2,12)13)7-8-3-4-9(10)14-8/h3-4H,5-7H2,1-2H3. The van der Waals surface area contributed by atoms with Crippen LogP contribution < -0.4 is 0 Å². The minimum absolute atomic E-state index is 0.218. The lowest BCUT2D eigenvalue weighted by atomic mass is 10.4. The molecule has 0 saturated carbocycles. The maximum absolute atomic E-state index is 11.0. The molecule has 15 heavy (non-hydrogen) atoms. The van der Waals surface area contributed by atoms with Gasteiger partial charge in [-0.1, -0.05) is 0 Å². The Labute approximate surface area is 103 Å². The molecule has 0 saturated heterocycles. The Hall–Kier alpha value is 0.0900. The van der Waals surface area contributed by atoms with E-state index < -0.39 is 9.84 Å². The molecule has 0 spiro atoms. The number of rotatable bonds is 5. The predicted octanol–water partition coefficient (Wildman–Crippen LogP) is 1.99. The van der Waals surface area contributed by atoms with Crippen LogP contribution in [0.25, 0.3) is 0 Å². The number of nitrogens with zero attached hydrogens (tertiary/aromatic N) is 1. The molecule has 0 amide bonds. The highest BCUT2D eigenvalue weighted by molar-refractivity contribution is 9.11. The zero-order valence-electron chi connectivity index (χ0n) is 8.73. The molecule has 0 aliphatic carbocycles. The normalized spacial score (nSPS) is 12.3. The highest BCUT2D eigenvalue weighted by Crippen LogP contribution is 2.22. The van der Waals surface area contributed by atoms with Gasteiger partial charge in [0, 0.05) is 24.2 Å². The predicted molar refractivity (Wildman–Crippen MR) is 68.1 cm³/mol. The summed E-state index contributed by atoms with van der Waals surface area (Å²) in [7, 11) is -0.924. The Morgan fingerprint density at radius 2 is 2.13 bits per heavy atom. The first-order valence-electron chi connectivity index (χ1n) is 4.47. The van der Waals surface area contributed by atoms with Crippen molar-refractivity contribution in [2.75, 3.05) is 25.6 Å². The lowest BCUT2D eigenvalue weighted by molar-refractivity contribution is 0.349. The molecule has 1 aromatic rings. The van der Waals surface area contributed by atoms with Crippen molar-refractivity contribution >= 4 is 37.1 Å². The van der Waals surface area contributed by atoms with Crippen molar-refractivity contribution in [3.8, 4) is 0 Å². The molecule has 1 heterocycles. The van der Waals surface area contributed by atoms with Gasteiger partial charge >= 0.3 is 0 Å². The summed E-state index contributed by atoms with van der Waals surface area (Å²) in [6.07, 6.45) is 1.27. The van der Waals surface area contributed by atoms with Crippen molar-refractivity contribution in [3.63, 3.8) is 0 Å². The van der Waals surface area contributed by atoms with Gasteiger partial charge < -0.3 is 4.90 Å². The van der Waals surface area contributed by atoms with Gasteiger partial charge in [0.05, 0.1) is 9.54 Å². The van der Waals surface area contributed by atoms with Crippen LogP contribution in [-0.2, 0) is 16.4 Å². The lowest BCUT2D eigenvalue weighted by Crippen LogP contribution is -2.24. The summed E-state index contributed by atoms with van der Waals surface area (Å²) in [5.74, 6) is 0.218. The molecule has 3 nitrogen and oxygen atoms in total. The fourth-order valence-corrected chi connectivity index (χ4v) is 3.31. The van der Waals surface area contributed by atoms with Gasteiger partial charge in [0.25, 0.3) is 0 Å². The molecule has 0 fully saturated rings. The number of halogens is 1. The molecule has 6 heteroatoms. The molecule has 0 radical (unpaired) electrons.